The molecule has 1 unspecified atom stereocenters. The second-order valence-corrected chi connectivity index (χ2v) is 8.90. The molecule has 1 atom stereocenters. The number of benzene rings is 3. The number of halogens is 1. The lowest BCUT2D eigenvalue weighted by molar-refractivity contribution is -0.135. The number of hydrogen-bond donors (Lipinski definition) is 0. The minimum Gasteiger partial charge on any atom is -0.484 e. The summed E-state index contributed by atoms with van der Waals surface area (Å²) in [7, 11) is 3.98. The van der Waals surface area contributed by atoms with Crippen molar-refractivity contribution < 1.29 is 14.3 Å². The Morgan fingerprint density at radius 1 is 1.12 bits per heavy atom. The van der Waals surface area contributed by atoms with E-state index in [9.17, 15) is 9.59 Å². The van der Waals surface area contributed by atoms with Crippen LogP contribution >= 0.6 is 15.9 Å². The van der Waals surface area contributed by atoms with Crippen molar-refractivity contribution in [2.75, 3.05) is 25.6 Å². The van der Waals surface area contributed by atoms with E-state index in [0.717, 1.165) is 33.3 Å². The summed E-state index contributed by atoms with van der Waals surface area (Å²) in [6.45, 7) is -0.177. The van der Waals surface area contributed by atoms with E-state index >= 15 is 0 Å². The molecule has 3 aromatic rings. The Morgan fingerprint density at radius 3 is 2.58 bits per heavy atom. The average molecular weight is 506 g/mol. The van der Waals surface area contributed by atoms with Crippen LogP contribution in [0.25, 0.3) is 0 Å². The molecule has 4 rings (SSSR count). The van der Waals surface area contributed by atoms with Crippen molar-refractivity contribution in [2.24, 2.45) is 5.10 Å². The van der Waals surface area contributed by atoms with Gasteiger partial charge in [-0.1, -0.05) is 52.3 Å². The Balaban J connectivity index is 1.59. The van der Waals surface area contributed by atoms with Crippen LogP contribution in [0.3, 0.4) is 0 Å². The SMILES string of the molecule is CN(C)c1ccc(C2CC(c3cccc(Br)c3)=NN2C(=O)COc2cccc(C=O)c2)cc1. The standard InChI is InChI=1S/C26H24BrN3O3/c1-29(2)22-11-9-19(10-12-22)25-15-24(20-6-4-7-21(27)14-20)28-30(25)26(32)17-33-23-8-3-5-18(13-23)16-31/h3-14,16,25H,15,17H2,1-2H3. The normalized spacial score (nSPS) is 15.2. The van der Waals surface area contributed by atoms with Gasteiger partial charge in [0.15, 0.2) is 6.61 Å². The van der Waals surface area contributed by atoms with Gasteiger partial charge >= 0.3 is 0 Å². The minimum atomic E-state index is -0.252. The quantitative estimate of drug-likeness (QED) is 0.419. The Bertz CT molecular complexity index is 1190. The molecule has 3 aromatic carbocycles. The van der Waals surface area contributed by atoms with Crippen molar-refractivity contribution in [1.82, 2.24) is 5.01 Å². The lowest BCUT2D eigenvalue weighted by Crippen LogP contribution is -2.31. The van der Waals surface area contributed by atoms with Crippen LogP contribution in [0.5, 0.6) is 5.75 Å². The molecular formula is C26H24BrN3O3. The van der Waals surface area contributed by atoms with Crippen LogP contribution in [-0.2, 0) is 4.79 Å². The molecule has 6 nitrogen and oxygen atoms in total. The van der Waals surface area contributed by atoms with E-state index in [2.05, 4.69) is 15.9 Å². The van der Waals surface area contributed by atoms with Crippen LogP contribution in [0.1, 0.15) is 33.9 Å². The van der Waals surface area contributed by atoms with Crippen LogP contribution < -0.4 is 9.64 Å². The maximum absolute atomic E-state index is 13.2. The number of aldehydes is 1. The monoisotopic (exact) mass is 505 g/mol. The zero-order chi connectivity index (χ0) is 23.4. The number of ether oxygens (including phenoxy) is 1. The van der Waals surface area contributed by atoms with Gasteiger partial charge in [-0.25, -0.2) is 5.01 Å². The second-order valence-electron chi connectivity index (χ2n) is 7.98. The highest BCUT2D eigenvalue weighted by atomic mass is 79.9. The van der Waals surface area contributed by atoms with E-state index in [1.165, 1.54) is 5.01 Å². The summed E-state index contributed by atoms with van der Waals surface area (Å²) in [5.74, 6) is 0.216. The topological polar surface area (TPSA) is 62.2 Å². The first kappa shape index (κ1) is 22.7. The summed E-state index contributed by atoms with van der Waals surface area (Å²) in [6, 6.07) is 22.6. The lowest BCUT2D eigenvalue weighted by Gasteiger charge is -2.23. The van der Waals surface area contributed by atoms with Crippen molar-refractivity contribution in [3.05, 3.63) is 94.0 Å². The summed E-state index contributed by atoms with van der Waals surface area (Å²) < 4.78 is 6.64. The molecule has 33 heavy (non-hydrogen) atoms. The van der Waals surface area contributed by atoms with Crippen molar-refractivity contribution in [3.8, 4) is 5.75 Å². The van der Waals surface area contributed by atoms with E-state index in [1.807, 2.05) is 67.5 Å². The molecule has 1 amide bonds. The summed E-state index contributed by atoms with van der Waals surface area (Å²) in [4.78, 5) is 26.2. The van der Waals surface area contributed by atoms with Gasteiger partial charge in [0, 0.05) is 36.2 Å². The first-order chi connectivity index (χ1) is 15.9. The maximum atomic E-state index is 13.2. The number of nitrogens with zero attached hydrogens (tertiary/aromatic N) is 3. The first-order valence-electron chi connectivity index (χ1n) is 10.6. The smallest absolute Gasteiger partial charge is 0.281 e. The Kier molecular flexibility index (Phi) is 6.89. The molecule has 1 heterocycles. The average Bonchev–Trinajstić information content (AvgIpc) is 3.28. The van der Waals surface area contributed by atoms with Crippen molar-refractivity contribution >= 4 is 39.5 Å². The molecule has 0 saturated carbocycles. The van der Waals surface area contributed by atoms with Crippen LogP contribution in [0, 0.1) is 0 Å². The maximum Gasteiger partial charge on any atom is 0.281 e. The Morgan fingerprint density at radius 2 is 1.88 bits per heavy atom. The van der Waals surface area contributed by atoms with Crippen LogP contribution in [0.4, 0.5) is 5.69 Å². The molecule has 1 aliphatic heterocycles. The Hall–Kier alpha value is -3.45. The molecule has 0 saturated heterocycles. The van der Waals surface area contributed by atoms with E-state index in [-0.39, 0.29) is 18.6 Å². The van der Waals surface area contributed by atoms with Gasteiger partial charge < -0.3 is 9.64 Å². The van der Waals surface area contributed by atoms with Gasteiger partial charge in [-0.3, -0.25) is 9.59 Å². The molecular weight excluding hydrogens is 482 g/mol. The molecule has 0 fully saturated rings. The fourth-order valence-electron chi connectivity index (χ4n) is 3.73. The van der Waals surface area contributed by atoms with Gasteiger partial charge in [-0.05, 0) is 47.5 Å². The molecule has 0 aliphatic carbocycles. The number of amides is 1. The number of carbonyl (C=O) groups excluding carboxylic acids is 2. The second kappa shape index (κ2) is 10.0. The van der Waals surface area contributed by atoms with E-state index < -0.39 is 0 Å². The van der Waals surface area contributed by atoms with Gasteiger partial charge in [0.2, 0.25) is 0 Å². The summed E-state index contributed by atoms with van der Waals surface area (Å²) in [6.07, 6.45) is 1.35. The van der Waals surface area contributed by atoms with Gasteiger partial charge in [0.05, 0.1) is 11.8 Å². The minimum absolute atomic E-state index is 0.177. The molecule has 0 radical (unpaired) electrons. The zero-order valence-corrected chi connectivity index (χ0v) is 20.0. The third kappa shape index (κ3) is 5.31. The summed E-state index contributed by atoms with van der Waals surface area (Å²) >= 11 is 3.51. The number of rotatable bonds is 7. The molecule has 0 aromatic heterocycles. The molecule has 168 valence electrons. The van der Waals surface area contributed by atoms with E-state index in [0.29, 0.717) is 17.7 Å². The van der Waals surface area contributed by atoms with Gasteiger partial charge in [0.25, 0.3) is 5.91 Å². The van der Waals surface area contributed by atoms with Gasteiger partial charge in [0.1, 0.15) is 12.0 Å². The molecule has 1 aliphatic rings. The van der Waals surface area contributed by atoms with Crippen LogP contribution in [-0.4, -0.2) is 43.6 Å². The van der Waals surface area contributed by atoms with Crippen LogP contribution in [0.2, 0.25) is 0 Å². The highest BCUT2D eigenvalue weighted by Gasteiger charge is 2.33. The fraction of sp³-hybridized carbons (Fsp3) is 0.192. The third-order valence-corrected chi connectivity index (χ3v) is 5.97. The van der Waals surface area contributed by atoms with Gasteiger partial charge in [-0.15, -0.1) is 0 Å². The molecule has 0 spiro atoms. The lowest BCUT2D eigenvalue weighted by atomic mass is 9.98. The highest BCUT2D eigenvalue weighted by molar-refractivity contribution is 9.10. The highest BCUT2D eigenvalue weighted by Crippen LogP contribution is 2.34. The van der Waals surface area contributed by atoms with Crippen molar-refractivity contribution in [1.29, 1.82) is 0 Å². The van der Waals surface area contributed by atoms with E-state index in [1.54, 1.807) is 24.3 Å². The number of hydrogen-bond acceptors (Lipinski definition) is 5. The molecule has 7 heteroatoms. The number of hydrazone groups is 1. The summed E-state index contributed by atoms with van der Waals surface area (Å²) in [5.41, 5.74) is 4.39. The predicted molar refractivity (Wildman–Crippen MR) is 133 cm³/mol. The van der Waals surface area contributed by atoms with Crippen molar-refractivity contribution in [3.63, 3.8) is 0 Å². The molecule has 0 bridgehead atoms. The predicted octanol–water partition coefficient (Wildman–Crippen LogP) is 5.08. The van der Waals surface area contributed by atoms with Crippen molar-refractivity contribution in [2.45, 2.75) is 12.5 Å². The summed E-state index contributed by atoms with van der Waals surface area (Å²) in [5, 5.41) is 6.21. The van der Waals surface area contributed by atoms with Crippen LogP contribution in [0.15, 0.2) is 82.4 Å². The largest absolute Gasteiger partial charge is 0.484 e. The fourth-order valence-corrected chi connectivity index (χ4v) is 4.13. The number of anilines is 1. The first-order valence-corrected chi connectivity index (χ1v) is 11.3. The zero-order valence-electron chi connectivity index (χ0n) is 18.4. The van der Waals surface area contributed by atoms with E-state index in [4.69, 9.17) is 9.84 Å². The number of carbonyl (C=O) groups is 2. The molecule has 0 N–H and O–H groups in total. The Labute approximate surface area is 201 Å². The third-order valence-electron chi connectivity index (χ3n) is 5.47. The van der Waals surface area contributed by atoms with Gasteiger partial charge in [-0.2, -0.15) is 5.10 Å².